The van der Waals surface area contributed by atoms with Crippen LogP contribution in [0.25, 0.3) is 5.82 Å². The molecule has 1 aliphatic rings. The van der Waals surface area contributed by atoms with Gasteiger partial charge in [0.25, 0.3) is 5.56 Å². The summed E-state index contributed by atoms with van der Waals surface area (Å²) in [6.45, 7) is 5.33. The summed E-state index contributed by atoms with van der Waals surface area (Å²) in [4.78, 5) is 14.5. The highest BCUT2D eigenvalue weighted by atomic mass is 16.5. The quantitative estimate of drug-likeness (QED) is 0.693. The monoisotopic (exact) mass is 354 g/mol. The molecule has 3 aromatic rings. The van der Waals surface area contributed by atoms with Gasteiger partial charge in [-0.15, -0.1) is 5.10 Å². The van der Waals surface area contributed by atoms with Gasteiger partial charge in [-0.2, -0.15) is 5.10 Å². The van der Waals surface area contributed by atoms with Crippen LogP contribution in [0.3, 0.4) is 0 Å². The molecule has 0 amide bonds. The third-order valence-corrected chi connectivity index (χ3v) is 4.79. The Labute approximate surface area is 151 Å². The van der Waals surface area contributed by atoms with Crippen molar-refractivity contribution in [2.75, 3.05) is 13.1 Å². The van der Waals surface area contributed by atoms with Crippen molar-refractivity contribution in [2.24, 2.45) is 5.92 Å². The molecule has 0 radical (unpaired) electrons. The molecule has 136 valence electrons. The second-order valence-electron chi connectivity index (χ2n) is 6.82. The van der Waals surface area contributed by atoms with E-state index in [0.29, 0.717) is 18.3 Å². The van der Waals surface area contributed by atoms with Gasteiger partial charge in [0.05, 0.1) is 12.2 Å². The lowest BCUT2D eigenvalue weighted by atomic mass is 9.97. The lowest BCUT2D eigenvalue weighted by Gasteiger charge is -2.31. The number of piperidine rings is 1. The van der Waals surface area contributed by atoms with Crippen LogP contribution in [0.15, 0.2) is 46.0 Å². The highest BCUT2D eigenvalue weighted by Crippen LogP contribution is 2.20. The van der Waals surface area contributed by atoms with Crippen LogP contribution < -0.4 is 5.56 Å². The maximum atomic E-state index is 12.2. The Morgan fingerprint density at radius 3 is 2.81 bits per heavy atom. The molecule has 0 unspecified atom stereocenters. The van der Waals surface area contributed by atoms with Crippen molar-refractivity contribution in [1.82, 2.24) is 29.6 Å². The van der Waals surface area contributed by atoms with Crippen LogP contribution in [0.4, 0.5) is 0 Å². The first-order chi connectivity index (χ1) is 12.7. The van der Waals surface area contributed by atoms with E-state index in [1.54, 1.807) is 27.7 Å². The maximum absolute atomic E-state index is 12.2. The van der Waals surface area contributed by atoms with Crippen LogP contribution in [-0.4, -0.2) is 42.7 Å². The summed E-state index contributed by atoms with van der Waals surface area (Å²) in [5, 5.41) is 12.6. The Morgan fingerprint density at radius 1 is 1.27 bits per heavy atom. The molecule has 4 rings (SSSR count). The summed E-state index contributed by atoms with van der Waals surface area (Å²) < 4.78 is 8.53. The molecule has 8 nitrogen and oxygen atoms in total. The highest BCUT2D eigenvalue weighted by molar-refractivity contribution is 5.17. The summed E-state index contributed by atoms with van der Waals surface area (Å²) in [6.07, 6.45) is 5.59. The van der Waals surface area contributed by atoms with E-state index in [-0.39, 0.29) is 5.56 Å². The third-order valence-electron chi connectivity index (χ3n) is 4.79. The second kappa shape index (κ2) is 7.25. The number of aromatic nitrogens is 5. The summed E-state index contributed by atoms with van der Waals surface area (Å²) in [5.74, 6) is 2.01. The zero-order valence-corrected chi connectivity index (χ0v) is 14.8. The zero-order chi connectivity index (χ0) is 17.9. The molecule has 1 aliphatic heterocycles. The number of nitrogens with zero attached hydrogens (tertiary/aromatic N) is 6. The Morgan fingerprint density at radius 2 is 2.12 bits per heavy atom. The topological polar surface area (TPSA) is 82.0 Å². The van der Waals surface area contributed by atoms with E-state index in [9.17, 15) is 4.79 Å². The largest absolute Gasteiger partial charge is 0.360 e. The van der Waals surface area contributed by atoms with Crippen molar-refractivity contribution in [3.05, 3.63) is 58.5 Å². The van der Waals surface area contributed by atoms with Crippen LogP contribution >= 0.6 is 0 Å². The fourth-order valence-corrected chi connectivity index (χ4v) is 3.38. The fraction of sp³-hybridized carbons (Fsp3) is 0.444. The minimum atomic E-state index is -0.0690. The van der Waals surface area contributed by atoms with Crippen molar-refractivity contribution in [3.63, 3.8) is 0 Å². The Hall–Kier alpha value is -2.74. The molecule has 0 spiro atoms. The smallest absolute Gasteiger partial charge is 0.266 e. The van der Waals surface area contributed by atoms with Gasteiger partial charge >= 0.3 is 0 Å². The average molecular weight is 354 g/mol. The van der Waals surface area contributed by atoms with Crippen LogP contribution in [0.5, 0.6) is 0 Å². The van der Waals surface area contributed by atoms with Gasteiger partial charge in [-0.1, -0.05) is 5.16 Å². The molecule has 3 aromatic heterocycles. The molecular formula is C18H22N6O2. The number of likely N-dealkylation sites (tertiary alicyclic amines) is 1. The standard InChI is InChI=1S/C18H22N6O2/c1-14-11-16(26-21-14)13-22-9-5-15(6-10-22)12-24-18(25)4-3-17(20-24)23-8-2-7-19-23/h2-4,7-8,11,15H,5-6,9-10,12-13H2,1H3. The van der Waals surface area contributed by atoms with E-state index < -0.39 is 0 Å². The minimum Gasteiger partial charge on any atom is -0.360 e. The van der Waals surface area contributed by atoms with E-state index in [1.807, 2.05) is 25.3 Å². The number of hydrogen-bond donors (Lipinski definition) is 0. The van der Waals surface area contributed by atoms with E-state index >= 15 is 0 Å². The number of aryl methyl sites for hydroxylation is 1. The molecule has 0 N–H and O–H groups in total. The molecule has 1 saturated heterocycles. The normalized spacial score (nSPS) is 16.2. The van der Waals surface area contributed by atoms with Crippen molar-refractivity contribution >= 4 is 0 Å². The van der Waals surface area contributed by atoms with E-state index in [4.69, 9.17) is 4.52 Å². The van der Waals surface area contributed by atoms with Crippen molar-refractivity contribution in [2.45, 2.75) is 32.9 Å². The van der Waals surface area contributed by atoms with Crippen LogP contribution in [0.2, 0.25) is 0 Å². The lowest BCUT2D eigenvalue weighted by Crippen LogP contribution is -2.36. The van der Waals surface area contributed by atoms with E-state index in [0.717, 1.165) is 43.9 Å². The van der Waals surface area contributed by atoms with Gasteiger partial charge in [0.15, 0.2) is 11.6 Å². The van der Waals surface area contributed by atoms with Gasteiger partial charge in [0.1, 0.15) is 0 Å². The first-order valence-electron chi connectivity index (χ1n) is 8.90. The van der Waals surface area contributed by atoms with E-state index in [2.05, 4.69) is 20.3 Å². The van der Waals surface area contributed by atoms with Crippen molar-refractivity contribution in [3.8, 4) is 5.82 Å². The van der Waals surface area contributed by atoms with Gasteiger partial charge in [0.2, 0.25) is 0 Å². The fourth-order valence-electron chi connectivity index (χ4n) is 3.38. The minimum absolute atomic E-state index is 0.0690. The Bertz CT molecular complexity index is 906. The zero-order valence-electron chi connectivity index (χ0n) is 14.8. The van der Waals surface area contributed by atoms with Crippen molar-refractivity contribution in [1.29, 1.82) is 0 Å². The van der Waals surface area contributed by atoms with Gasteiger partial charge in [0, 0.05) is 31.1 Å². The Balaban J connectivity index is 1.37. The predicted molar refractivity (Wildman–Crippen MR) is 94.9 cm³/mol. The van der Waals surface area contributed by atoms with E-state index in [1.165, 1.54) is 0 Å². The lowest BCUT2D eigenvalue weighted by molar-refractivity contribution is 0.150. The van der Waals surface area contributed by atoms with Crippen molar-refractivity contribution < 1.29 is 4.52 Å². The van der Waals surface area contributed by atoms with Crippen LogP contribution in [0.1, 0.15) is 24.3 Å². The highest BCUT2D eigenvalue weighted by Gasteiger charge is 2.21. The molecule has 26 heavy (non-hydrogen) atoms. The number of rotatable bonds is 5. The van der Waals surface area contributed by atoms with Gasteiger partial charge in [-0.05, 0) is 50.9 Å². The Kier molecular flexibility index (Phi) is 4.66. The van der Waals surface area contributed by atoms with Crippen LogP contribution in [-0.2, 0) is 13.1 Å². The summed E-state index contributed by atoms with van der Waals surface area (Å²) in [7, 11) is 0. The molecule has 4 heterocycles. The molecule has 8 heteroatoms. The summed E-state index contributed by atoms with van der Waals surface area (Å²) in [6, 6.07) is 7.08. The molecular weight excluding hydrogens is 332 g/mol. The van der Waals surface area contributed by atoms with Gasteiger partial charge in [-0.25, -0.2) is 9.36 Å². The molecule has 0 saturated carbocycles. The van der Waals surface area contributed by atoms with Crippen LogP contribution in [0, 0.1) is 12.8 Å². The van der Waals surface area contributed by atoms with Gasteiger partial charge in [-0.3, -0.25) is 9.69 Å². The first-order valence-corrected chi connectivity index (χ1v) is 8.90. The first kappa shape index (κ1) is 16.7. The predicted octanol–water partition coefficient (Wildman–Crippen LogP) is 1.64. The number of hydrogen-bond acceptors (Lipinski definition) is 6. The molecule has 0 aromatic carbocycles. The SMILES string of the molecule is Cc1cc(CN2CCC(Cn3nc(-n4cccn4)ccc3=O)CC2)on1. The third kappa shape index (κ3) is 3.75. The average Bonchev–Trinajstić information content (AvgIpc) is 3.31. The molecule has 1 fully saturated rings. The second-order valence-corrected chi connectivity index (χ2v) is 6.82. The molecule has 0 aliphatic carbocycles. The maximum Gasteiger partial charge on any atom is 0.266 e. The molecule has 0 bridgehead atoms. The summed E-state index contributed by atoms with van der Waals surface area (Å²) >= 11 is 0. The molecule has 0 atom stereocenters. The summed E-state index contributed by atoms with van der Waals surface area (Å²) in [5.41, 5.74) is 0.845. The van der Waals surface area contributed by atoms with Gasteiger partial charge < -0.3 is 4.52 Å².